The fourth-order valence-electron chi connectivity index (χ4n) is 3.17. The molecular weight excluding hydrogens is 248 g/mol. The third kappa shape index (κ3) is 1.68. The minimum Gasteiger partial charge on any atom is -0.375 e. The van der Waals surface area contributed by atoms with E-state index in [9.17, 15) is 10.5 Å². The molecule has 1 aliphatic rings. The minimum absolute atomic E-state index is 0.0654. The molecule has 0 fully saturated rings. The Morgan fingerprint density at radius 1 is 1.10 bits per heavy atom. The molecule has 0 unspecified atom stereocenters. The van der Waals surface area contributed by atoms with E-state index in [1.807, 2.05) is 56.3 Å². The smallest absolute Gasteiger partial charge is 0.182 e. The molecule has 0 radical (unpaired) electrons. The zero-order valence-corrected chi connectivity index (χ0v) is 12.0. The lowest BCUT2D eigenvalue weighted by Crippen LogP contribution is -2.55. The Balaban J connectivity index is 2.74. The molecule has 3 heteroatoms. The van der Waals surface area contributed by atoms with E-state index in [1.54, 1.807) is 7.11 Å². The molecule has 2 rings (SSSR count). The summed E-state index contributed by atoms with van der Waals surface area (Å²) in [6, 6.07) is 14.3. The number of hydrogen-bond acceptors (Lipinski definition) is 3. The predicted octanol–water partition coefficient (Wildman–Crippen LogP) is 3.20. The summed E-state index contributed by atoms with van der Waals surface area (Å²) in [5, 5.41) is 19.5. The number of methoxy groups -OCH3 is 1. The molecule has 102 valence electrons. The summed E-state index contributed by atoms with van der Waals surface area (Å²) < 4.78 is 5.42. The standard InChI is InChI=1S/C17H18N2O/c1-13-9-10-15(20-3)17(11-18,12-19)16(13,2)14-7-5-4-6-8-14/h4-10,13,15H,1-3H3/t13-,15+,16-/m1/s1. The van der Waals surface area contributed by atoms with Gasteiger partial charge in [-0.05, 0) is 11.5 Å². The fourth-order valence-corrected chi connectivity index (χ4v) is 3.17. The van der Waals surface area contributed by atoms with Crippen LogP contribution in [0.3, 0.4) is 0 Å². The molecule has 0 aliphatic heterocycles. The maximum Gasteiger partial charge on any atom is 0.182 e. The van der Waals surface area contributed by atoms with Crippen molar-refractivity contribution in [3.63, 3.8) is 0 Å². The molecule has 0 saturated heterocycles. The third-order valence-corrected chi connectivity index (χ3v) is 4.71. The zero-order valence-electron chi connectivity index (χ0n) is 12.0. The van der Waals surface area contributed by atoms with Gasteiger partial charge in [0.2, 0.25) is 0 Å². The molecular formula is C17H18N2O. The SMILES string of the molecule is CO[C@H]1C=C[C@@H](C)[C@](C)(c2ccccc2)C1(C#N)C#N. The minimum atomic E-state index is -1.24. The van der Waals surface area contributed by atoms with E-state index in [0.717, 1.165) is 5.56 Å². The Kier molecular flexibility index (Phi) is 3.66. The maximum atomic E-state index is 9.77. The zero-order chi connectivity index (χ0) is 14.8. The summed E-state index contributed by atoms with van der Waals surface area (Å²) in [7, 11) is 1.54. The summed E-state index contributed by atoms with van der Waals surface area (Å²) >= 11 is 0. The fraction of sp³-hybridized carbons (Fsp3) is 0.412. The average Bonchev–Trinajstić information content (AvgIpc) is 2.51. The Bertz CT molecular complexity index is 580. The number of rotatable bonds is 2. The maximum absolute atomic E-state index is 9.77. The first-order chi connectivity index (χ1) is 9.56. The highest BCUT2D eigenvalue weighted by Crippen LogP contribution is 2.52. The molecule has 1 aliphatic carbocycles. The monoisotopic (exact) mass is 266 g/mol. The van der Waals surface area contributed by atoms with Crippen molar-refractivity contribution in [1.82, 2.24) is 0 Å². The van der Waals surface area contributed by atoms with Gasteiger partial charge in [-0.25, -0.2) is 0 Å². The van der Waals surface area contributed by atoms with Crippen molar-refractivity contribution >= 4 is 0 Å². The van der Waals surface area contributed by atoms with Crippen LogP contribution in [0.1, 0.15) is 19.4 Å². The van der Waals surface area contributed by atoms with E-state index in [0.29, 0.717) is 0 Å². The highest BCUT2D eigenvalue weighted by molar-refractivity contribution is 5.43. The summed E-state index contributed by atoms with van der Waals surface area (Å²) in [6.07, 6.45) is 3.34. The van der Waals surface area contributed by atoms with Crippen LogP contribution in [-0.4, -0.2) is 13.2 Å². The highest BCUT2D eigenvalue weighted by Gasteiger charge is 2.59. The first-order valence-electron chi connectivity index (χ1n) is 6.66. The van der Waals surface area contributed by atoms with Crippen LogP contribution in [-0.2, 0) is 10.2 Å². The van der Waals surface area contributed by atoms with Crippen molar-refractivity contribution < 1.29 is 4.74 Å². The second kappa shape index (κ2) is 5.12. The van der Waals surface area contributed by atoms with E-state index in [2.05, 4.69) is 12.1 Å². The normalized spacial score (nSPS) is 31.2. The van der Waals surface area contributed by atoms with Gasteiger partial charge < -0.3 is 4.74 Å². The number of ether oxygens (including phenoxy) is 1. The van der Waals surface area contributed by atoms with Crippen LogP contribution in [0.5, 0.6) is 0 Å². The quantitative estimate of drug-likeness (QED) is 0.772. The Morgan fingerprint density at radius 2 is 1.70 bits per heavy atom. The molecule has 3 atom stereocenters. The molecule has 0 amide bonds. The first-order valence-corrected chi connectivity index (χ1v) is 6.66. The second-order valence-electron chi connectivity index (χ2n) is 5.43. The van der Waals surface area contributed by atoms with Gasteiger partial charge in [-0.2, -0.15) is 10.5 Å². The number of nitriles is 2. The van der Waals surface area contributed by atoms with Gasteiger partial charge in [0.05, 0.1) is 12.1 Å². The van der Waals surface area contributed by atoms with Crippen LogP contribution < -0.4 is 0 Å². The van der Waals surface area contributed by atoms with Gasteiger partial charge in [-0.1, -0.05) is 56.3 Å². The second-order valence-corrected chi connectivity index (χ2v) is 5.43. The molecule has 0 saturated carbocycles. The summed E-state index contributed by atoms with van der Waals surface area (Å²) in [5.74, 6) is 0.0654. The summed E-state index contributed by atoms with van der Waals surface area (Å²) in [6.45, 7) is 4.02. The van der Waals surface area contributed by atoms with Gasteiger partial charge in [-0.3, -0.25) is 0 Å². The molecule has 1 aromatic rings. The van der Waals surface area contributed by atoms with E-state index in [4.69, 9.17) is 4.74 Å². The molecule has 0 bridgehead atoms. The van der Waals surface area contributed by atoms with Crippen molar-refractivity contribution in [3.8, 4) is 12.1 Å². The number of allylic oxidation sites excluding steroid dienone is 1. The third-order valence-electron chi connectivity index (χ3n) is 4.71. The first kappa shape index (κ1) is 14.3. The van der Waals surface area contributed by atoms with E-state index >= 15 is 0 Å². The molecule has 0 N–H and O–H groups in total. The molecule has 0 heterocycles. The lowest BCUT2D eigenvalue weighted by molar-refractivity contribution is 0.0184. The van der Waals surface area contributed by atoms with Crippen molar-refractivity contribution in [2.24, 2.45) is 11.3 Å². The average molecular weight is 266 g/mol. The van der Waals surface area contributed by atoms with Crippen LogP contribution in [0.25, 0.3) is 0 Å². The largest absolute Gasteiger partial charge is 0.375 e. The molecule has 1 aromatic carbocycles. The van der Waals surface area contributed by atoms with Crippen LogP contribution in [0.15, 0.2) is 42.5 Å². The van der Waals surface area contributed by atoms with Gasteiger partial charge in [-0.15, -0.1) is 0 Å². The van der Waals surface area contributed by atoms with Crippen LogP contribution in [0.4, 0.5) is 0 Å². The van der Waals surface area contributed by atoms with Gasteiger partial charge in [0.25, 0.3) is 0 Å². The number of nitrogens with zero attached hydrogens (tertiary/aromatic N) is 2. The van der Waals surface area contributed by atoms with Crippen molar-refractivity contribution in [3.05, 3.63) is 48.0 Å². The van der Waals surface area contributed by atoms with E-state index in [1.165, 1.54) is 0 Å². The molecule has 0 aromatic heterocycles. The highest BCUT2D eigenvalue weighted by atomic mass is 16.5. The van der Waals surface area contributed by atoms with Crippen LogP contribution in [0, 0.1) is 34.0 Å². The summed E-state index contributed by atoms with van der Waals surface area (Å²) in [4.78, 5) is 0. The summed E-state index contributed by atoms with van der Waals surface area (Å²) in [5.41, 5.74) is -0.869. The number of benzene rings is 1. The van der Waals surface area contributed by atoms with Crippen molar-refractivity contribution in [2.75, 3.05) is 7.11 Å². The van der Waals surface area contributed by atoms with Crippen molar-refractivity contribution in [2.45, 2.75) is 25.4 Å². The lowest BCUT2D eigenvalue weighted by atomic mass is 9.52. The van der Waals surface area contributed by atoms with E-state index < -0.39 is 16.9 Å². The van der Waals surface area contributed by atoms with Crippen LogP contribution >= 0.6 is 0 Å². The van der Waals surface area contributed by atoms with Gasteiger partial charge in [0.1, 0.15) is 6.10 Å². The molecule has 0 spiro atoms. The number of hydrogen-bond donors (Lipinski definition) is 0. The van der Waals surface area contributed by atoms with Crippen molar-refractivity contribution in [1.29, 1.82) is 10.5 Å². The van der Waals surface area contributed by atoms with E-state index in [-0.39, 0.29) is 5.92 Å². The Hall–Kier alpha value is -2.10. The Labute approximate surface area is 120 Å². The van der Waals surface area contributed by atoms with Gasteiger partial charge >= 0.3 is 0 Å². The molecule has 3 nitrogen and oxygen atoms in total. The van der Waals surface area contributed by atoms with Gasteiger partial charge in [0.15, 0.2) is 5.41 Å². The van der Waals surface area contributed by atoms with Crippen LogP contribution in [0.2, 0.25) is 0 Å². The molecule has 20 heavy (non-hydrogen) atoms. The van der Waals surface area contributed by atoms with Gasteiger partial charge in [0, 0.05) is 12.5 Å². The predicted molar refractivity (Wildman–Crippen MR) is 76.6 cm³/mol. The topological polar surface area (TPSA) is 56.8 Å². The Morgan fingerprint density at radius 3 is 2.20 bits per heavy atom. The lowest BCUT2D eigenvalue weighted by Gasteiger charge is -2.48.